The lowest BCUT2D eigenvalue weighted by molar-refractivity contribution is 0.526. The molecule has 1 aliphatic rings. The highest BCUT2D eigenvalue weighted by Crippen LogP contribution is 2.23. The molecule has 1 aromatic heterocycles. The van der Waals surface area contributed by atoms with E-state index in [0.717, 1.165) is 18.9 Å². The molecule has 4 rings (SSSR count). The molecular weight excluding hydrogens is 270 g/mol. The van der Waals surface area contributed by atoms with Gasteiger partial charge in [0.25, 0.3) is 0 Å². The quantitative estimate of drug-likeness (QED) is 0.756. The zero-order chi connectivity index (χ0) is 14.8. The molecule has 2 aromatic carbocycles. The number of hydrogen-bond acceptors (Lipinski definition) is 2. The van der Waals surface area contributed by atoms with E-state index in [4.69, 9.17) is 0 Å². The fraction of sp³-hybridized carbons (Fsp3) is 0.263. The Labute approximate surface area is 131 Å². The molecule has 0 amide bonds. The van der Waals surface area contributed by atoms with Gasteiger partial charge in [-0.25, -0.2) is 0 Å². The Hall–Kier alpha value is -2.42. The molecule has 0 saturated carbocycles. The number of aromatic nitrogens is 1. The van der Waals surface area contributed by atoms with E-state index in [0.29, 0.717) is 6.04 Å². The lowest BCUT2D eigenvalue weighted by Crippen LogP contribution is -2.39. The SMILES string of the molecule is c1ccc(N2CCC(Nc3cc4ccccc4[nH]3)CC2)cc1. The standard InChI is InChI=1S/C19H21N3/c1-2-7-17(8-3-1)22-12-10-16(11-13-22)20-19-14-15-6-4-5-9-18(15)21-19/h1-9,14,16,20-21H,10-13H2. The number of fused-ring (bicyclic) bond motifs is 1. The first kappa shape index (κ1) is 13.3. The highest BCUT2D eigenvalue weighted by molar-refractivity contribution is 5.83. The molecule has 0 aliphatic carbocycles. The number of piperidine rings is 1. The number of benzene rings is 2. The van der Waals surface area contributed by atoms with Crippen molar-refractivity contribution < 1.29 is 0 Å². The first-order valence-electron chi connectivity index (χ1n) is 8.03. The minimum absolute atomic E-state index is 0.549. The molecule has 2 N–H and O–H groups in total. The lowest BCUT2D eigenvalue weighted by atomic mass is 10.0. The third-order valence-corrected chi connectivity index (χ3v) is 4.51. The second-order valence-electron chi connectivity index (χ2n) is 6.01. The van der Waals surface area contributed by atoms with Crippen molar-refractivity contribution in [1.82, 2.24) is 4.98 Å². The van der Waals surface area contributed by atoms with E-state index in [-0.39, 0.29) is 0 Å². The number of aromatic amines is 1. The summed E-state index contributed by atoms with van der Waals surface area (Å²) in [7, 11) is 0. The van der Waals surface area contributed by atoms with E-state index in [2.05, 4.69) is 75.9 Å². The summed E-state index contributed by atoms with van der Waals surface area (Å²) in [5.74, 6) is 1.14. The molecule has 0 radical (unpaired) electrons. The van der Waals surface area contributed by atoms with Crippen molar-refractivity contribution in [2.24, 2.45) is 0 Å². The normalized spacial score (nSPS) is 16.1. The van der Waals surface area contributed by atoms with Gasteiger partial charge in [-0.15, -0.1) is 0 Å². The fourth-order valence-corrected chi connectivity index (χ4v) is 3.29. The van der Waals surface area contributed by atoms with Crippen LogP contribution in [-0.2, 0) is 0 Å². The van der Waals surface area contributed by atoms with Crippen LogP contribution in [0.3, 0.4) is 0 Å². The molecule has 3 aromatic rings. The summed E-state index contributed by atoms with van der Waals surface area (Å²) in [5, 5.41) is 4.93. The van der Waals surface area contributed by atoms with Gasteiger partial charge in [-0.3, -0.25) is 0 Å². The smallest absolute Gasteiger partial charge is 0.104 e. The Kier molecular flexibility index (Phi) is 3.47. The van der Waals surface area contributed by atoms with E-state index >= 15 is 0 Å². The number of hydrogen-bond donors (Lipinski definition) is 2. The summed E-state index contributed by atoms with van der Waals surface area (Å²) >= 11 is 0. The van der Waals surface area contributed by atoms with E-state index in [1.807, 2.05) is 0 Å². The molecule has 2 heterocycles. The molecule has 22 heavy (non-hydrogen) atoms. The highest BCUT2D eigenvalue weighted by atomic mass is 15.2. The molecular formula is C19H21N3. The molecule has 3 nitrogen and oxygen atoms in total. The third-order valence-electron chi connectivity index (χ3n) is 4.51. The zero-order valence-electron chi connectivity index (χ0n) is 12.6. The van der Waals surface area contributed by atoms with Gasteiger partial charge in [0.1, 0.15) is 5.82 Å². The molecule has 0 atom stereocenters. The Bertz CT molecular complexity index is 706. The van der Waals surface area contributed by atoms with Crippen LogP contribution in [0.4, 0.5) is 11.5 Å². The van der Waals surface area contributed by atoms with Crippen LogP contribution < -0.4 is 10.2 Å². The van der Waals surface area contributed by atoms with Gasteiger partial charge < -0.3 is 15.2 Å². The molecule has 0 unspecified atom stereocenters. The second kappa shape index (κ2) is 5.76. The molecule has 1 aliphatic heterocycles. The number of para-hydroxylation sites is 2. The first-order chi connectivity index (χ1) is 10.9. The van der Waals surface area contributed by atoms with Gasteiger partial charge >= 0.3 is 0 Å². The Morgan fingerprint density at radius 1 is 0.909 bits per heavy atom. The van der Waals surface area contributed by atoms with Crippen LogP contribution in [0, 0.1) is 0 Å². The molecule has 1 saturated heterocycles. The van der Waals surface area contributed by atoms with Crippen molar-refractivity contribution in [3.8, 4) is 0 Å². The molecule has 1 fully saturated rings. The van der Waals surface area contributed by atoms with Crippen molar-refractivity contribution in [2.45, 2.75) is 18.9 Å². The summed E-state index contributed by atoms with van der Waals surface area (Å²) in [4.78, 5) is 5.94. The van der Waals surface area contributed by atoms with Gasteiger partial charge in [0.2, 0.25) is 0 Å². The van der Waals surface area contributed by atoms with E-state index < -0.39 is 0 Å². The Morgan fingerprint density at radius 2 is 1.64 bits per heavy atom. The maximum Gasteiger partial charge on any atom is 0.104 e. The maximum absolute atomic E-state index is 3.66. The van der Waals surface area contributed by atoms with Gasteiger partial charge in [0.15, 0.2) is 0 Å². The minimum atomic E-state index is 0.549. The van der Waals surface area contributed by atoms with Crippen LogP contribution in [0.2, 0.25) is 0 Å². The van der Waals surface area contributed by atoms with Gasteiger partial charge in [-0.2, -0.15) is 0 Å². The highest BCUT2D eigenvalue weighted by Gasteiger charge is 2.19. The zero-order valence-corrected chi connectivity index (χ0v) is 12.6. The third kappa shape index (κ3) is 2.67. The van der Waals surface area contributed by atoms with Gasteiger partial charge in [-0.1, -0.05) is 36.4 Å². The van der Waals surface area contributed by atoms with Gasteiger partial charge in [0, 0.05) is 35.7 Å². The number of nitrogens with zero attached hydrogens (tertiary/aromatic N) is 1. The van der Waals surface area contributed by atoms with Crippen LogP contribution in [0.15, 0.2) is 60.7 Å². The van der Waals surface area contributed by atoms with Crippen LogP contribution in [0.25, 0.3) is 10.9 Å². The monoisotopic (exact) mass is 291 g/mol. The van der Waals surface area contributed by atoms with Crippen molar-refractivity contribution in [3.63, 3.8) is 0 Å². The van der Waals surface area contributed by atoms with Gasteiger partial charge in [0.05, 0.1) is 0 Å². The van der Waals surface area contributed by atoms with E-state index in [1.54, 1.807) is 0 Å². The Balaban J connectivity index is 1.39. The first-order valence-corrected chi connectivity index (χ1v) is 8.03. The molecule has 112 valence electrons. The summed E-state index contributed by atoms with van der Waals surface area (Å²) < 4.78 is 0. The van der Waals surface area contributed by atoms with E-state index in [1.165, 1.54) is 29.4 Å². The average molecular weight is 291 g/mol. The molecule has 0 bridgehead atoms. The van der Waals surface area contributed by atoms with Crippen molar-refractivity contribution >= 4 is 22.4 Å². The summed E-state index contributed by atoms with van der Waals surface area (Å²) in [6.45, 7) is 2.23. The largest absolute Gasteiger partial charge is 0.371 e. The minimum Gasteiger partial charge on any atom is -0.371 e. The number of rotatable bonds is 3. The second-order valence-corrected chi connectivity index (χ2v) is 6.01. The fourth-order valence-electron chi connectivity index (χ4n) is 3.29. The molecule has 3 heteroatoms. The van der Waals surface area contributed by atoms with Crippen molar-refractivity contribution in [1.29, 1.82) is 0 Å². The van der Waals surface area contributed by atoms with E-state index in [9.17, 15) is 0 Å². The van der Waals surface area contributed by atoms with Crippen LogP contribution in [0.1, 0.15) is 12.8 Å². The summed E-state index contributed by atoms with van der Waals surface area (Å²) in [5.41, 5.74) is 2.54. The Morgan fingerprint density at radius 3 is 2.41 bits per heavy atom. The van der Waals surface area contributed by atoms with Crippen LogP contribution in [-0.4, -0.2) is 24.1 Å². The summed E-state index contributed by atoms with van der Waals surface area (Å²) in [6, 6.07) is 21.9. The van der Waals surface area contributed by atoms with Crippen molar-refractivity contribution in [3.05, 3.63) is 60.7 Å². The van der Waals surface area contributed by atoms with Crippen LogP contribution in [0.5, 0.6) is 0 Å². The topological polar surface area (TPSA) is 31.1 Å². The predicted octanol–water partition coefficient (Wildman–Crippen LogP) is 4.25. The predicted molar refractivity (Wildman–Crippen MR) is 93.6 cm³/mol. The summed E-state index contributed by atoms with van der Waals surface area (Å²) in [6.07, 6.45) is 2.34. The maximum atomic E-state index is 3.66. The molecule has 0 spiro atoms. The van der Waals surface area contributed by atoms with Gasteiger partial charge in [-0.05, 0) is 37.1 Å². The number of H-pyrrole nitrogens is 1. The lowest BCUT2D eigenvalue weighted by Gasteiger charge is -2.34. The van der Waals surface area contributed by atoms with Crippen molar-refractivity contribution in [2.75, 3.05) is 23.3 Å². The number of anilines is 2. The average Bonchev–Trinajstić information content (AvgIpc) is 2.98. The number of nitrogens with one attached hydrogen (secondary N) is 2. The van der Waals surface area contributed by atoms with Crippen LogP contribution >= 0.6 is 0 Å².